The van der Waals surface area contributed by atoms with Crippen LogP contribution in [0.25, 0.3) is 0 Å². The molecule has 0 aliphatic heterocycles. The van der Waals surface area contributed by atoms with Crippen LogP contribution in [0.4, 0.5) is 0 Å². The number of hydrogen-bond donors (Lipinski definition) is 1. The molecule has 0 aromatic carbocycles. The predicted molar refractivity (Wildman–Crippen MR) is 45.5 cm³/mol. The van der Waals surface area contributed by atoms with Crippen LogP contribution in [0.1, 0.15) is 13.8 Å². The van der Waals surface area contributed by atoms with Crippen LogP contribution in [0.3, 0.4) is 0 Å². The standard InChI is InChI=1S/C6H11N3O2S/c1-3-9-5(10)7-8-6(9)12(11)4-2/h3-4H2,1-2H3,(H,7,10). The third-order valence-electron chi connectivity index (χ3n) is 1.51. The molecule has 12 heavy (non-hydrogen) atoms. The molecule has 1 N–H and O–H groups in total. The van der Waals surface area contributed by atoms with E-state index in [1.54, 1.807) is 6.92 Å². The van der Waals surface area contributed by atoms with Crippen molar-refractivity contribution in [2.24, 2.45) is 0 Å². The normalized spacial score (nSPS) is 13.2. The zero-order valence-corrected chi connectivity index (χ0v) is 7.85. The molecule has 0 radical (unpaired) electrons. The first-order valence-electron chi connectivity index (χ1n) is 3.74. The maximum absolute atomic E-state index is 11.3. The minimum atomic E-state index is -1.16. The van der Waals surface area contributed by atoms with E-state index in [1.165, 1.54) is 4.57 Å². The topological polar surface area (TPSA) is 67.8 Å². The van der Waals surface area contributed by atoms with Gasteiger partial charge in [0.25, 0.3) is 0 Å². The maximum Gasteiger partial charge on any atom is 0.344 e. The first-order valence-corrected chi connectivity index (χ1v) is 5.06. The minimum Gasteiger partial charge on any atom is -0.268 e. The Morgan fingerprint density at radius 1 is 1.58 bits per heavy atom. The Labute approximate surface area is 72.3 Å². The van der Waals surface area contributed by atoms with E-state index in [1.807, 2.05) is 6.92 Å². The molecule has 0 aliphatic carbocycles. The van der Waals surface area contributed by atoms with Gasteiger partial charge in [-0.1, -0.05) is 6.92 Å². The van der Waals surface area contributed by atoms with Crippen molar-refractivity contribution in [2.75, 3.05) is 5.75 Å². The van der Waals surface area contributed by atoms with Crippen LogP contribution in [0.15, 0.2) is 9.95 Å². The summed E-state index contributed by atoms with van der Waals surface area (Å²) in [4.78, 5) is 11.0. The van der Waals surface area contributed by atoms with E-state index >= 15 is 0 Å². The van der Waals surface area contributed by atoms with E-state index in [-0.39, 0.29) is 5.69 Å². The summed E-state index contributed by atoms with van der Waals surface area (Å²) in [5.74, 6) is 0.476. The van der Waals surface area contributed by atoms with Gasteiger partial charge in [-0.3, -0.25) is 8.78 Å². The smallest absolute Gasteiger partial charge is 0.268 e. The van der Waals surface area contributed by atoms with Gasteiger partial charge in [-0.25, -0.2) is 9.89 Å². The molecule has 68 valence electrons. The lowest BCUT2D eigenvalue weighted by molar-refractivity contribution is 0.629. The molecule has 1 aromatic rings. The van der Waals surface area contributed by atoms with E-state index in [0.717, 1.165) is 0 Å². The highest BCUT2D eigenvalue weighted by molar-refractivity contribution is 7.84. The molecular formula is C6H11N3O2S. The highest BCUT2D eigenvalue weighted by Gasteiger charge is 2.11. The highest BCUT2D eigenvalue weighted by atomic mass is 32.2. The Morgan fingerprint density at radius 2 is 2.25 bits per heavy atom. The zero-order chi connectivity index (χ0) is 9.14. The summed E-state index contributed by atoms with van der Waals surface area (Å²) in [7, 11) is -1.16. The summed E-state index contributed by atoms with van der Waals surface area (Å²) in [6, 6.07) is 0. The molecule has 0 bridgehead atoms. The van der Waals surface area contributed by atoms with Crippen LogP contribution < -0.4 is 5.69 Å². The molecule has 5 nitrogen and oxygen atoms in total. The largest absolute Gasteiger partial charge is 0.344 e. The number of aromatic amines is 1. The van der Waals surface area contributed by atoms with Crippen LogP contribution in [0.2, 0.25) is 0 Å². The number of rotatable bonds is 3. The van der Waals surface area contributed by atoms with Crippen LogP contribution >= 0.6 is 0 Å². The summed E-state index contributed by atoms with van der Waals surface area (Å²) in [5, 5.41) is 6.29. The average Bonchev–Trinajstić information content (AvgIpc) is 2.45. The van der Waals surface area contributed by atoms with Gasteiger partial charge in [0.1, 0.15) is 0 Å². The number of aromatic nitrogens is 3. The molecule has 0 saturated heterocycles. The van der Waals surface area contributed by atoms with Gasteiger partial charge in [-0.15, -0.1) is 5.10 Å². The number of nitrogens with zero attached hydrogens (tertiary/aromatic N) is 2. The first kappa shape index (κ1) is 9.18. The fourth-order valence-electron chi connectivity index (χ4n) is 0.885. The summed E-state index contributed by atoms with van der Waals surface area (Å²) in [6.07, 6.45) is 0. The molecule has 0 saturated carbocycles. The van der Waals surface area contributed by atoms with E-state index in [4.69, 9.17) is 0 Å². The Bertz CT molecular complexity index is 341. The lowest BCUT2D eigenvalue weighted by atomic mass is 10.7. The van der Waals surface area contributed by atoms with Crippen molar-refractivity contribution in [1.82, 2.24) is 14.8 Å². The minimum absolute atomic E-state index is 0.297. The van der Waals surface area contributed by atoms with Gasteiger partial charge in [0.2, 0.25) is 5.16 Å². The molecule has 1 unspecified atom stereocenters. The van der Waals surface area contributed by atoms with Gasteiger partial charge < -0.3 is 0 Å². The van der Waals surface area contributed by atoms with Crippen molar-refractivity contribution in [3.05, 3.63) is 10.5 Å². The second-order valence-corrected chi connectivity index (χ2v) is 3.82. The van der Waals surface area contributed by atoms with Gasteiger partial charge in [-0.05, 0) is 6.92 Å². The lowest BCUT2D eigenvalue weighted by Crippen LogP contribution is -2.18. The van der Waals surface area contributed by atoms with Crippen molar-refractivity contribution in [3.63, 3.8) is 0 Å². The molecular weight excluding hydrogens is 178 g/mol. The molecule has 0 aliphatic rings. The Kier molecular flexibility index (Phi) is 2.80. The fourth-order valence-corrected chi connectivity index (χ4v) is 1.75. The van der Waals surface area contributed by atoms with Crippen molar-refractivity contribution in [2.45, 2.75) is 25.5 Å². The molecule has 6 heteroatoms. The summed E-state index contributed by atoms with van der Waals surface area (Å²) in [6.45, 7) is 4.10. The van der Waals surface area contributed by atoms with Crippen LogP contribution in [0.5, 0.6) is 0 Å². The summed E-state index contributed by atoms with van der Waals surface area (Å²) < 4.78 is 12.6. The fraction of sp³-hybridized carbons (Fsp3) is 0.667. The van der Waals surface area contributed by atoms with Crippen molar-refractivity contribution in [1.29, 1.82) is 0 Å². The molecule has 0 amide bonds. The molecule has 0 spiro atoms. The van der Waals surface area contributed by atoms with Crippen molar-refractivity contribution < 1.29 is 4.21 Å². The van der Waals surface area contributed by atoms with Gasteiger partial charge in [0, 0.05) is 12.3 Å². The Balaban J connectivity index is 3.16. The molecule has 0 fully saturated rings. The third-order valence-corrected chi connectivity index (χ3v) is 2.75. The summed E-state index contributed by atoms with van der Waals surface area (Å²) >= 11 is 0. The van der Waals surface area contributed by atoms with Crippen LogP contribution in [-0.4, -0.2) is 24.7 Å². The predicted octanol–water partition coefficient (Wildman–Crippen LogP) is -0.281. The third kappa shape index (κ3) is 1.47. The molecule has 1 heterocycles. The van der Waals surface area contributed by atoms with E-state index in [2.05, 4.69) is 10.2 Å². The number of nitrogens with one attached hydrogen (secondary N) is 1. The van der Waals surface area contributed by atoms with Gasteiger partial charge in [0.15, 0.2) is 0 Å². The molecule has 1 atom stereocenters. The van der Waals surface area contributed by atoms with Gasteiger partial charge >= 0.3 is 5.69 Å². The molecule has 1 aromatic heterocycles. The number of hydrogen-bond acceptors (Lipinski definition) is 3. The van der Waals surface area contributed by atoms with Gasteiger partial charge in [-0.2, -0.15) is 0 Å². The Morgan fingerprint density at radius 3 is 2.75 bits per heavy atom. The number of H-pyrrole nitrogens is 1. The SMILES string of the molecule is CCn1c(S(=O)CC)n[nH]c1=O. The summed E-state index contributed by atoms with van der Waals surface area (Å²) in [5.41, 5.74) is -0.297. The van der Waals surface area contributed by atoms with Gasteiger partial charge in [0.05, 0.1) is 10.8 Å². The maximum atomic E-state index is 11.3. The second kappa shape index (κ2) is 3.66. The lowest BCUT2D eigenvalue weighted by Gasteiger charge is -1.98. The van der Waals surface area contributed by atoms with E-state index in [9.17, 15) is 9.00 Å². The average molecular weight is 189 g/mol. The second-order valence-electron chi connectivity index (χ2n) is 2.19. The molecule has 1 rings (SSSR count). The first-order chi connectivity index (χ1) is 5.70. The quantitative estimate of drug-likeness (QED) is 0.711. The van der Waals surface area contributed by atoms with Crippen molar-refractivity contribution >= 4 is 10.8 Å². The van der Waals surface area contributed by atoms with Crippen LogP contribution in [-0.2, 0) is 17.3 Å². The van der Waals surface area contributed by atoms with E-state index in [0.29, 0.717) is 17.5 Å². The Hall–Kier alpha value is -0.910. The monoisotopic (exact) mass is 189 g/mol. The van der Waals surface area contributed by atoms with Crippen LogP contribution in [0, 0.1) is 0 Å². The van der Waals surface area contributed by atoms with E-state index < -0.39 is 10.8 Å². The van der Waals surface area contributed by atoms with Crippen molar-refractivity contribution in [3.8, 4) is 0 Å². The zero-order valence-electron chi connectivity index (χ0n) is 7.03. The highest BCUT2D eigenvalue weighted by Crippen LogP contribution is 1.98.